The Kier molecular flexibility index (Phi) is 3.71. The first-order valence-corrected chi connectivity index (χ1v) is 8.60. The van der Waals surface area contributed by atoms with E-state index in [-0.39, 0.29) is 23.7 Å². The van der Waals surface area contributed by atoms with Gasteiger partial charge in [-0.05, 0) is 53.2 Å². The Morgan fingerprint density at radius 2 is 2.00 bits per heavy atom. The second-order valence-corrected chi connectivity index (χ2v) is 8.08. The average Bonchev–Trinajstić information content (AvgIpc) is 2.51. The molecule has 2 nitrogen and oxygen atoms in total. The topological polar surface area (TPSA) is 37.3 Å². The summed E-state index contributed by atoms with van der Waals surface area (Å²) in [5, 5.41) is 9.92. The summed E-state index contributed by atoms with van der Waals surface area (Å²) < 4.78 is 0. The second-order valence-electron chi connectivity index (χ2n) is 8.08. The van der Waals surface area contributed by atoms with Crippen molar-refractivity contribution in [2.24, 2.45) is 11.3 Å². The zero-order chi connectivity index (χ0) is 16.1. The van der Waals surface area contributed by atoms with E-state index in [4.69, 9.17) is 0 Å². The molecule has 22 heavy (non-hydrogen) atoms. The summed E-state index contributed by atoms with van der Waals surface area (Å²) in [5.41, 5.74) is 3.73. The molecule has 0 saturated heterocycles. The van der Waals surface area contributed by atoms with Gasteiger partial charge in [0.15, 0.2) is 0 Å². The van der Waals surface area contributed by atoms with Crippen LogP contribution in [0.4, 0.5) is 0 Å². The monoisotopic (exact) mass is 300 g/mol. The maximum Gasteiger partial charge on any atom is 0.141 e. The molecule has 3 rings (SSSR count). The molecular weight excluding hydrogens is 272 g/mol. The molecular formula is C20H28O2. The summed E-state index contributed by atoms with van der Waals surface area (Å²) in [7, 11) is 0. The number of hydrogen-bond donors (Lipinski definition) is 1. The van der Waals surface area contributed by atoms with Crippen LogP contribution >= 0.6 is 0 Å². The van der Waals surface area contributed by atoms with Crippen LogP contribution in [0.2, 0.25) is 0 Å². The highest BCUT2D eigenvalue weighted by molar-refractivity contribution is 5.86. The van der Waals surface area contributed by atoms with E-state index in [1.54, 1.807) is 0 Å². The number of aliphatic hydroxyl groups excluding tert-OH is 1. The van der Waals surface area contributed by atoms with Crippen molar-refractivity contribution in [2.45, 2.75) is 64.7 Å². The lowest BCUT2D eigenvalue weighted by atomic mass is 9.49. The maximum atomic E-state index is 12.4. The van der Waals surface area contributed by atoms with Crippen molar-refractivity contribution in [1.29, 1.82) is 0 Å². The van der Waals surface area contributed by atoms with Crippen molar-refractivity contribution >= 4 is 5.78 Å². The minimum Gasteiger partial charge on any atom is -0.395 e. The van der Waals surface area contributed by atoms with Gasteiger partial charge in [-0.15, -0.1) is 0 Å². The summed E-state index contributed by atoms with van der Waals surface area (Å²) >= 11 is 0. The average molecular weight is 300 g/mol. The standard InChI is InChI=1S/C20H28O2/c1-13(2)14-5-7-16-15(11-14)6-8-17-19(16,3)10-9-18(22)20(17,4)12-21/h5,7,11,13,17,21H,6,8-10,12H2,1-4H3. The molecule has 1 aromatic rings. The quantitative estimate of drug-likeness (QED) is 0.896. The maximum absolute atomic E-state index is 12.4. The number of fused-ring (bicyclic) bond motifs is 3. The Hall–Kier alpha value is -1.15. The Bertz CT molecular complexity index is 604. The Labute approximate surface area is 133 Å². The Morgan fingerprint density at radius 3 is 2.64 bits per heavy atom. The first kappa shape index (κ1) is 15.7. The molecule has 0 spiro atoms. The van der Waals surface area contributed by atoms with E-state index in [9.17, 15) is 9.90 Å². The molecule has 0 heterocycles. The zero-order valence-corrected chi connectivity index (χ0v) is 14.3. The molecule has 2 heteroatoms. The second kappa shape index (κ2) is 5.19. The molecule has 0 amide bonds. The summed E-state index contributed by atoms with van der Waals surface area (Å²) in [6, 6.07) is 6.92. The van der Waals surface area contributed by atoms with Gasteiger partial charge >= 0.3 is 0 Å². The Morgan fingerprint density at radius 1 is 1.27 bits per heavy atom. The molecule has 3 atom stereocenters. The lowest BCUT2D eigenvalue weighted by Gasteiger charge is -2.54. The predicted octanol–water partition coefficient (Wildman–Crippen LogP) is 3.99. The summed E-state index contributed by atoms with van der Waals surface area (Å²) in [6.45, 7) is 8.73. The molecule has 2 aliphatic carbocycles. The number of aryl methyl sites for hydroxylation is 1. The molecule has 1 fully saturated rings. The molecule has 0 aliphatic heterocycles. The SMILES string of the molecule is CC(C)c1ccc2c(c1)CCC1C(C)(CO)C(=O)CCC21C. The van der Waals surface area contributed by atoms with Crippen molar-refractivity contribution < 1.29 is 9.90 Å². The number of rotatable bonds is 2. The molecule has 120 valence electrons. The van der Waals surface area contributed by atoms with Gasteiger partial charge in [0, 0.05) is 6.42 Å². The fourth-order valence-corrected chi connectivity index (χ4v) is 4.92. The van der Waals surface area contributed by atoms with Crippen LogP contribution in [0.1, 0.15) is 69.6 Å². The van der Waals surface area contributed by atoms with E-state index in [0.29, 0.717) is 12.3 Å². The van der Waals surface area contributed by atoms with Crippen LogP contribution in [-0.2, 0) is 16.6 Å². The van der Waals surface area contributed by atoms with E-state index in [0.717, 1.165) is 19.3 Å². The first-order valence-electron chi connectivity index (χ1n) is 8.60. The van der Waals surface area contributed by atoms with Crippen LogP contribution in [0.5, 0.6) is 0 Å². The number of Topliss-reactive ketones (excluding diaryl/α,β-unsaturated/α-hetero) is 1. The van der Waals surface area contributed by atoms with E-state index in [2.05, 4.69) is 39.0 Å². The normalized spacial score (nSPS) is 34.5. The van der Waals surface area contributed by atoms with Crippen LogP contribution in [0.3, 0.4) is 0 Å². The fourth-order valence-electron chi connectivity index (χ4n) is 4.92. The highest BCUT2D eigenvalue weighted by Gasteiger charge is 2.55. The van der Waals surface area contributed by atoms with Crippen molar-refractivity contribution in [3.05, 3.63) is 34.9 Å². The van der Waals surface area contributed by atoms with E-state index in [1.165, 1.54) is 16.7 Å². The zero-order valence-electron chi connectivity index (χ0n) is 14.3. The number of ketones is 1. The number of carbonyl (C=O) groups is 1. The summed E-state index contributed by atoms with van der Waals surface area (Å²) in [5.74, 6) is 1.05. The molecule has 0 aromatic heterocycles. The highest BCUT2D eigenvalue weighted by Crippen LogP contribution is 2.55. The van der Waals surface area contributed by atoms with Crippen molar-refractivity contribution in [3.63, 3.8) is 0 Å². The highest BCUT2D eigenvalue weighted by atomic mass is 16.3. The number of hydrogen-bond acceptors (Lipinski definition) is 2. The largest absolute Gasteiger partial charge is 0.395 e. The van der Waals surface area contributed by atoms with Gasteiger partial charge in [-0.25, -0.2) is 0 Å². The third-order valence-electron chi connectivity index (χ3n) is 6.49. The van der Waals surface area contributed by atoms with Gasteiger partial charge in [-0.3, -0.25) is 4.79 Å². The minimum atomic E-state index is -0.568. The van der Waals surface area contributed by atoms with Gasteiger partial charge in [0.05, 0.1) is 12.0 Å². The van der Waals surface area contributed by atoms with E-state index in [1.807, 2.05) is 6.92 Å². The van der Waals surface area contributed by atoms with Gasteiger partial charge in [0.1, 0.15) is 5.78 Å². The van der Waals surface area contributed by atoms with Gasteiger partial charge in [0.25, 0.3) is 0 Å². The lowest BCUT2D eigenvalue weighted by molar-refractivity contribution is -0.142. The lowest BCUT2D eigenvalue weighted by Crippen LogP contribution is -2.55. The summed E-state index contributed by atoms with van der Waals surface area (Å²) in [4.78, 5) is 12.4. The molecule has 1 N–H and O–H groups in total. The van der Waals surface area contributed by atoms with Crippen LogP contribution in [-0.4, -0.2) is 17.5 Å². The molecule has 2 aliphatic rings. The molecule has 0 bridgehead atoms. The number of carbonyl (C=O) groups excluding carboxylic acids is 1. The first-order chi connectivity index (χ1) is 10.3. The molecule has 3 unspecified atom stereocenters. The van der Waals surface area contributed by atoms with Crippen LogP contribution in [0, 0.1) is 11.3 Å². The summed E-state index contributed by atoms with van der Waals surface area (Å²) in [6.07, 6.45) is 3.54. The molecule has 1 aromatic carbocycles. The van der Waals surface area contributed by atoms with Crippen molar-refractivity contribution in [1.82, 2.24) is 0 Å². The minimum absolute atomic E-state index is 0.0223. The van der Waals surface area contributed by atoms with Gasteiger partial charge in [-0.2, -0.15) is 0 Å². The van der Waals surface area contributed by atoms with Gasteiger partial charge < -0.3 is 5.11 Å². The third-order valence-corrected chi connectivity index (χ3v) is 6.49. The predicted molar refractivity (Wildman–Crippen MR) is 89.1 cm³/mol. The van der Waals surface area contributed by atoms with Gasteiger partial charge in [-0.1, -0.05) is 45.9 Å². The third kappa shape index (κ3) is 2.07. The van der Waals surface area contributed by atoms with E-state index >= 15 is 0 Å². The van der Waals surface area contributed by atoms with Crippen molar-refractivity contribution in [3.8, 4) is 0 Å². The number of benzene rings is 1. The smallest absolute Gasteiger partial charge is 0.141 e. The van der Waals surface area contributed by atoms with Crippen LogP contribution < -0.4 is 0 Å². The molecule has 1 saturated carbocycles. The van der Waals surface area contributed by atoms with Gasteiger partial charge in [0.2, 0.25) is 0 Å². The number of aliphatic hydroxyl groups is 1. The van der Waals surface area contributed by atoms with Crippen molar-refractivity contribution in [2.75, 3.05) is 6.61 Å². The van der Waals surface area contributed by atoms with Crippen LogP contribution in [0.15, 0.2) is 18.2 Å². The molecule has 0 radical (unpaired) electrons. The fraction of sp³-hybridized carbons (Fsp3) is 0.650. The van der Waals surface area contributed by atoms with E-state index < -0.39 is 5.41 Å². The van der Waals surface area contributed by atoms with Crippen LogP contribution in [0.25, 0.3) is 0 Å². The Balaban J connectivity index is 2.08.